The summed E-state index contributed by atoms with van der Waals surface area (Å²) < 4.78 is 10.8. The summed E-state index contributed by atoms with van der Waals surface area (Å²) in [6, 6.07) is 25.1. The fourth-order valence-corrected chi connectivity index (χ4v) is 5.94. The Morgan fingerprint density at radius 1 is 0.929 bits per heavy atom. The van der Waals surface area contributed by atoms with Crippen LogP contribution in [0.5, 0.6) is 0 Å². The number of amides is 2. The minimum absolute atomic E-state index is 0.106. The summed E-state index contributed by atoms with van der Waals surface area (Å²) in [4.78, 5) is 41.0. The number of alkyl carbamates (subject to hydrolysis) is 1. The summed E-state index contributed by atoms with van der Waals surface area (Å²) in [7, 11) is 1.50. The Kier molecular flexibility index (Phi) is 9.19. The SMILES string of the molecule is COCCC(NC(=O)OCC1c2ccccc2-c2ccccc21)C(=O)NC1(C(=O)O)CCN(Cc2ccccc2)CC1. The van der Waals surface area contributed by atoms with Crippen molar-refractivity contribution in [3.63, 3.8) is 0 Å². The molecule has 1 fully saturated rings. The number of benzene rings is 3. The second-order valence-corrected chi connectivity index (χ2v) is 10.9. The van der Waals surface area contributed by atoms with Gasteiger partial charge in [-0.15, -0.1) is 0 Å². The zero-order valence-corrected chi connectivity index (χ0v) is 23.8. The third kappa shape index (κ3) is 6.48. The van der Waals surface area contributed by atoms with Gasteiger partial charge >= 0.3 is 12.1 Å². The number of likely N-dealkylation sites (tertiary alicyclic amines) is 1. The minimum Gasteiger partial charge on any atom is -0.480 e. The van der Waals surface area contributed by atoms with Crippen molar-refractivity contribution >= 4 is 18.0 Å². The van der Waals surface area contributed by atoms with Gasteiger partial charge in [-0.2, -0.15) is 0 Å². The molecule has 2 amide bonds. The summed E-state index contributed by atoms with van der Waals surface area (Å²) in [6.07, 6.45) is -0.0659. The number of ether oxygens (including phenoxy) is 2. The molecule has 9 nitrogen and oxygen atoms in total. The molecule has 3 aromatic carbocycles. The Bertz CT molecular complexity index is 1360. The van der Waals surface area contributed by atoms with Gasteiger partial charge in [0.1, 0.15) is 18.2 Å². The Hall–Kier alpha value is -4.21. The molecule has 1 saturated heterocycles. The van der Waals surface area contributed by atoms with Crippen molar-refractivity contribution in [2.45, 2.75) is 43.3 Å². The number of nitrogens with zero attached hydrogens (tertiary/aromatic N) is 1. The van der Waals surface area contributed by atoms with Gasteiger partial charge in [0.05, 0.1) is 0 Å². The highest BCUT2D eigenvalue weighted by Gasteiger charge is 2.44. The Balaban J connectivity index is 1.20. The molecular formula is C33H37N3O6. The molecule has 2 aliphatic rings. The number of carboxylic acid groups (broad SMARTS) is 1. The first kappa shape index (κ1) is 29.3. The van der Waals surface area contributed by atoms with Gasteiger partial charge in [-0.3, -0.25) is 9.69 Å². The number of fused-ring (bicyclic) bond motifs is 3. The quantitative estimate of drug-likeness (QED) is 0.316. The number of carboxylic acids is 1. The van der Waals surface area contributed by atoms with Gasteiger partial charge in [-0.1, -0.05) is 78.9 Å². The molecule has 0 bridgehead atoms. The molecule has 3 N–H and O–H groups in total. The largest absolute Gasteiger partial charge is 0.480 e. The van der Waals surface area contributed by atoms with Crippen LogP contribution in [0.1, 0.15) is 41.9 Å². The molecule has 0 spiro atoms. The normalized spacial score (nSPS) is 16.6. The van der Waals surface area contributed by atoms with Gasteiger partial charge in [0, 0.05) is 45.7 Å². The lowest BCUT2D eigenvalue weighted by Gasteiger charge is -2.40. The van der Waals surface area contributed by atoms with E-state index >= 15 is 0 Å². The fraction of sp³-hybridized carbons (Fsp3) is 0.364. The zero-order valence-electron chi connectivity index (χ0n) is 23.8. The minimum atomic E-state index is -1.42. The third-order valence-electron chi connectivity index (χ3n) is 8.29. The van der Waals surface area contributed by atoms with E-state index < -0.39 is 29.6 Å². The van der Waals surface area contributed by atoms with Gasteiger partial charge in [-0.05, 0) is 40.7 Å². The second-order valence-electron chi connectivity index (χ2n) is 10.9. The van der Waals surface area contributed by atoms with Crippen LogP contribution in [0.2, 0.25) is 0 Å². The van der Waals surface area contributed by atoms with Crippen molar-refractivity contribution in [3.05, 3.63) is 95.6 Å². The second kappa shape index (κ2) is 13.2. The molecule has 42 heavy (non-hydrogen) atoms. The molecule has 1 atom stereocenters. The average Bonchev–Trinajstić information content (AvgIpc) is 3.33. The van der Waals surface area contributed by atoms with E-state index in [9.17, 15) is 19.5 Å². The van der Waals surface area contributed by atoms with Crippen molar-refractivity contribution in [1.29, 1.82) is 0 Å². The van der Waals surface area contributed by atoms with Crippen molar-refractivity contribution in [2.24, 2.45) is 0 Å². The van der Waals surface area contributed by atoms with E-state index in [1.54, 1.807) is 0 Å². The van der Waals surface area contributed by atoms with E-state index in [4.69, 9.17) is 9.47 Å². The van der Waals surface area contributed by atoms with Gasteiger partial charge in [0.15, 0.2) is 0 Å². The Morgan fingerprint density at radius 3 is 2.12 bits per heavy atom. The van der Waals surface area contributed by atoms with Gasteiger partial charge in [0.2, 0.25) is 5.91 Å². The summed E-state index contributed by atoms with van der Waals surface area (Å²) >= 11 is 0. The Morgan fingerprint density at radius 2 is 1.52 bits per heavy atom. The van der Waals surface area contributed by atoms with E-state index in [2.05, 4.69) is 27.7 Å². The number of hydrogen-bond acceptors (Lipinski definition) is 6. The topological polar surface area (TPSA) is 117 Å². The molecule has 3 aromatic rings. The lowest BCUT2D eigenvalue weighted by molar-refractivity contribution is -0.150. The first-order valence-electron chi connectivity index (χ1n) is 14.3. The summed E-state index contributed by atoms with van der Waals surface area (Å²) in [5, 5.41) is 15.6. The molecule has 1 aliphatic heterocycles. The summed E-state index contributed by atoms with van der Waals surface area (Å²) in [5.41, 5.74) is 4.14. The van der Waals surface area contributed by atoms with E-state index in [0.717, 1.165) is 27.8 Å². The van der Waals surface area contributed by atoms with Crippen LogP contribution in [0, 0.1) is 0 Å². The number of piperidine rings is 1. The molecule has 1 aliphatic carbocycles. The maximum atomic E-state index is 13.4. The maximum Gasteiger partial charge on any atom is 0.407 e. The standard InChI is InChI=1S/C33H37N3O6/c1-41-20-15-29(30(37)35-33(31(38)39)16-18-36(19-17-33)21-23-9-3-2-4-10-23)34-32(40)42-22-28-26-13-7-5-11-24(26)25-12-6-8-14-27(25)28/h2-14,28-29H,15-22H2,1H3,(H,34,40)(H,35,37)(H,38,39). The number of carbonyl (C=O) groups excluding carboxylic acids is 2. The van der Waals surface area contributed by atoms with Crippen LogP contribution in [0.15, 0.2) is 78.9 Å². The molecule has 0 saturated carbocycles. The summed E-state index contributed by atoms with van der Waals surface area (Å²) in [5.74, 6) is -1.77. The first-order valence-corrected chi connectivity index (χ1v) is 14.3. The predicted molar refractivity (Wildman–Crippen MR) is 158 cm³/mol. The number of rotatable bonds is 11. The summed E-state index contributed by atoms with van der Waals surface area (Å²) in [6.45, 7) is 2.06. The zero-order chi connectivity index (χ0) is 29.5. The average molecular weight is 572 g/mol. The lowest BCUT2D eigenvalue weighted by Crippen LogP contribution is -2.63. The molecule has 0 radical (unpaired) electrons. The number of hydrogen-bond donors (Lipinski definition) is 3. The van der Waals surface area contributed by atoms with Crippen molar-refractivity contribution in [3.8, 4) is 11.1 Å². The van der Waals surface area contributed by atoms with Gasteiger partial charge in [-0.25, -0.2) is 9.59 Å². The van der Waals surface area contributed by atoms with Crippen LogP contribution in [0.25, 0.3) is 11.1 Å². The van der Waals surface area contributed by atoms with E-state index in [1.165, 1.54) is 7.11 Å². The molecular weight excluding hydrogens is 534 g/mol. The molecule has 5 rings (SSSR count). The van der Waals surface area contributed by atoms with Crippen molar-refractivity contribution in [2.75, 3.05) is 33.4 Å². The lowest BCUT2D eigenvalue weighted by atomic mass is 9.86. The molecule has 1 heterocycles. The molecule has 0 aromatic heterocycles. The van der Waals surface area contributed by atoms with Crippen LogP contribution in [0.4, 0.5) is 4.79 Å². The van der Waals surface area contributed by atoms with E-state index in [-0.39, 0.29) is 38.4 Å². The van der Waals surface area contributed by atoms with Crippen molar-refractivity contribution in [1.82, 2.24) is 15.5 Å². The van der Waals surface area contributed by atoms with Crippen LogP contribution < -0.4 is 10.6 Å². The van der Waals surface area contributed by atoms with Crippen LogP contribution in [-0.4, -0.2) is 73.0 Å². The van der Waals surface area contributed by atoms with Crippen LogP contribution >= 0.6 is 0 Å². The highest BCUT2D eigenvalue weighted by molar-refractivity contribution is 5.91. The molecule has 9 heteroatoms. The number of aliphatic carboxylic acids is 1. The van der Waals surface area contributed by atoms with Crippen LogP contribution in [-0.2, 0) is 25.6 Å². The fourth-order valence-electron chi connectivity index (χ4n) is 5.94. The van der Waals surface area contributed by atoms with Crippen LogP contribution in [0.3, 0.4) is 0 Å². The smallest absolute Gasteiger partial charge is 0.407 e. The highest BCUT2D eigenvalue weighted by Crippen LogP contribution is 2.44. The highest BCUT2D eigenvalue weighted by atomic mass is 16.5. The van der Waals surface area contributed by atoms with E-state index in [1.807, 2.05) is 66.7 Å². The molecule has 1 unspecified atom stereocenters. The van der Waals surface area contributed by atoms with Crippen molar-refractivity contribution < 1.29 is 29.0 Å². The van der Waals surface area contributed by atoms with Gasteiger partial charge < -0.3 is 25.2 Å². The number of methoxy groups -OCH3 is 1. The monoisotopic (exact) mass is 571 g/mol. The van der Waals surface area contributed by atoms with E-state index in [0.29, 0.717) is 19.6 Å². The predicted octanol–water partition coefficient (Wildman–Crippen LogP) is 4.17. The molecule has 220 valence electrons. The third-order valence-corrected chi connectivity index (χ3v) is 8.29. The maximum absolute atomic E-state index is 13.4. The number of carbonyl (C=O) groups is 3. The number of nitrogens with one attached hydrogen (secondary N) is 2. The Labute approximate surface area is 245 Å². The first-order chi connectivity index (χ1) is 20.4. The van der Waals surface area contributed by atoms with Gasteiger partial charge in [0.25, 0.3) is 0 Å².